The Morgan fingerprint density at radius 2 is 1.65 bits per heavy atom. The molecule has 31 heavy (non-hydrogen) atoms. The first kappa shape index (κ1) is 25.9. The number of carbonyl (C=O) groups excluding carboxylic acids is 4. The van der Waals surface area contributed by atoms with Crippen LogP contribution in [0, 0.1) is 0 Å². The maximum Gasteiger partial charge on any atom is 0.326 e. The van der Waals surface area contributed by atoms with E-state index in [1.807, 2.05) is 0 Å². The molecular formula is C19H27N5O6S. The van der Waals surface area contributed by atoms with Crippen LogP contribution in [0.25, 0.3) is 0 Å². The average molecular weight is 454 g/mol. The fraction of sp³-hybridized carbons (Fsp3) is 0.421. The molecule has 12 heteroatoms. The van der Waals surface area contributed by atoms with Gasteiger partial charge in [-0.1, -0.05) is 30.3 Å². The first-order chi connectivity index (χ1) is 14.6. The topological polar surface area (TPSA) is 194 Å². The third-order valence-electron chi connectivity index (χ3n) is 4.18. The van der Waals surface area contributed by atoms with E-state index >= 15 is 0 Å². The molecule has 0 aliphatic rings. The van der Waals surface area contributed by atoms with E-state index in [1.165, 1.54) is 0 Å². The van der Waals surface area contributed by atoms with Crippen LogP contribution in [0.1, 0.15) is 18.4 Å². The fourth-order valence-corrected chi connectivity index (χ4v) is 2.67. The Kier molecular flexibility index (Phi) is 11.1. The smallest absolute Gasteiger partial charge is 0.326 e. The number of rotatable bonds is 13. The molecule has 0 aromatic heterocycles. The van der Waals surface area contributed by atoms with Gasteiger partial charge in [0.25, 0.3) is 0 Å². The highest BCUT2D eigenvalue weighted by Gasteiger charge is 2.27. The lowest BCUT2D eigenvalue weighted by molar-refractivity contribution is -0.142. The number of nitrogens with two attached hydrogens (primary N) is 2. The minimum absolute atomic E-state index is 0.0239. The number of benzene rings is 1. The molecule has 11 nitrogen and oxygen atoms in total. The molecule has 4 amide bonds. The maximum absolute atomic E-state index is 12.6. The molecule has 1 rings (SSSR count). The van der Waals surface area contributed by atoms with Crippen molar-refractivity contribution in [2.75, 3.05) is 12.3 Å². The zero-order valence-corrected chi connectivity index (χ0v) is 17.6. The van der Waals surface area contributed by atoms with Gasteiger partial charge in [-0.3, -0.25) is 19.2 Å². The third kappa shape index (κ3) is 9.96. The first-order valence-corrected chi connectivity index (χ1v) is 10.1. The van der Waals surface area contributed by atoms with E-state index in [1.54, 1.807) is 30.3 Å². The van der Waals surface area contributed by atoms with Gasteiger partial charge in [-0.15, -0.1) is 0 Å². The SMILES string of the molecule is NC(=O)CCC(NC(=O)CNC(=O)C(N)CS)C(=O)NC(Cc1ccccc1)C(=O)O. The Morgan fingerprint density at radius 3 is 2.19 bits per heavy atom. The highest BCUT2D eigenvalue weighted by molar-refractivity contribution is 7.80. The van der Waals surface area contributed by atoms with Crippen LogP contribution in [0.5, 0.6) is 0 Å². The van der Waals surface area contributed by atoms with Gasteiger partial charge in [0.15, 0.2) is 0 Å². The van der Waals surface area contributed by atoms with Gasteiger partial charge in [-0.05, 0) is 12.0 Å². The fourth-order valence-electron chi connectivity index (χ4n) is 2.50. The van der Waals surface area contributed by atoms with Gasteiger partial charge in [0, 0.05) is 18.6 Å². The molecule has 0 radical (unpaired) electrons. The Balaban J connectivity index is 2.78. The molecule has 0 aliphatic heterocycles. The summed E-state index contributed by atoms with van der Waals surface area (Å²) in [7, 11) is 0. The van der Waals surface area contributed by atoms with E-state index in [4.69, 9.17) is 11.5 Å². The minimum atomic E-state index is -1.26. The predicted octanol–water partition coefficient (Wildman–Crippen LogP) is -2.08. The molecule has 0 spiro atoms. The number of amides is 4. The predicted molar refractivity (Wildman–Crippen MR) is 115 cm³/mol. The van der Waals surface area contributed by atoms with Crippen molar-refractivity contribution in [2.24, 2.45) is 11.5 Å². The Labute approximate surface area is 184 Å². The molecular weight excluding hydrogens is 426 g/mol. The van der Waals surface area contributed by atoms with Crippen LogP contribution in [0.3, 0.4) is 0 Å². The molecule has 8 N–H and O–H groups in total. The van der Waals surface area contributed by atoms with E-state index in [9.17, 15) is 29.1 Å². The second-order valence-corrected chi connectivity index (χ2v) is 7.09. The second-order valence-electron chi connectivity index (χ2n) is 6.72. The summed E-state index contributed by atoms with van der Waals surface area (Å²) < 4.78 is 0. The summed E-state index contributed by atoms with van der Waals surface area (Å²) in [6.07, 6.45) is -0.337. The molecule has 0 bridgehead atoms. The number of thiol groups is 1. The molecule has 0 saturated carbocycles. The Bertz CT molecular complexity index is 791. The van der Waals surface area contributed by atoms with Crippen LogP contribution in [-0.4, -0.2) is 65.1 Å². The zero-order chi connectivity index (χ0) is 23.4. The monoisotopic (exact) mass is 453 g/mol. The first-order valence-electron chi connectivity index (χ1n) is 9.43. The number of aliphatic carboxylic acids is 1. The van der Waals surface area contributed by atoms with Crippen molar-refractivity contribution >= 4 is 42.2 Å². The number of hydrogen-bond donors (Lipinski definition) is 7. The summed E-state index contributed by atoms with van der Waals surface area (Å²) in [6.45, 7) is -0.465. The van der Waals surface area contributed by atoms with Gasteiger partial charge in [0.05, 0.1) is 12.6 Å². The van der Waals surface area contributed by atoms with Gasteiger partial charge in [-0.25, -0.2) is 4.79 Å². The Morgan fingerprint density at radius 1 is 1.00 bits per heavy atom. The number of carboxylic acids is 1. The van der Waals surface area contributed by atoms with Crippen molar-refractivity contribution in [3.8, 4) is 0 Å². The lowest BCUT2D eigenvalue weighted by Crippen LogP contribution is -2.54. The van der Waals surface area contributed by atoms with Crippen LogP contribution in [-0.2, 0) is 30.4 Å². The molecule has 3 atom stereocenters. The summed E-state index contributed by atoms with van der Waals surface area (Å²) in [6, 6.07) is 5.29. The molecule has 3 unspecified atom stereocenters. The minimum Gasteiger partial charge on any atom is -0.480 e. The van der Waals surface area contributed by atoms with E-state index in [2.05, 4.69) is 28.6 Å². The van der Waals surface area contributed by atoms with E-state index < -0.39 is 54.3 Å². The maximum atomic E-state index is 12.6. The van der Waals surface area contributed by atoms with Crippen molar-refractivity contribution < 1.29 is 29.1 Å². The zero-order valence-electron chi connectivity index (χ0n) is 16.7. The van der Waals surface area contributed by atoms with Crippen molar-refractivity contribution in [1.29, 1.82) is 0 Å². The van der Waals surface area contributed by atoms with E-state index in [0.717, 1.165) is 0 Å². The number of carboxylic acid groups (broad SMARTS) is 1. The summed E-state index contributed by atoms with van der Waals surface area (Å²) in [4.78, 5) is 59.1. The molecule has 0 heterocycles. The van der Waals surface area contributed by atoms with Crippen LogP contribution >= 0.6 is 12.6 Å². The van der Waals surface area contributed by atoms with Crippen LogP contribution in [0.2, 0.25) is 0 Å². The van der Waals surface area contributed by atoms with E-state index in [0.29, 0.717) is 5.56 Å². The summed E-state index contributed by atoms with van der Waals surface area (Å²) in [5, 5.41) is 16.5. The highest BCUT2D eigenvalue weighted by atomic mass is 32.1. The van der Waals surface area contributed by atoms with Crippen molar-refractivity contribution in [3.05, 3.63) is 35.9 Å². The average Bonchev–Trinajstić information content (AvgIpc) is 2.74. The van der Waals surface area contributed by atoms with Crippen molar-refractivity contribution in [1.82, 2.24) is 16.0 Å². The standard InChI is InChI=1S/C19H27N5O6S/c20-12(10-31)17(27)22-9-16(26)23-13(6-7-15(21)25)18(28)24-14(19(29)30)8-11-4-2-1-3-5-11/h1-5,12-14,31H,6-10,20H2,(H2,21,25)(H,22,27)(H,23,26)(H,24,28)(H,29,30). The summed E-state index contributed by atoms with van der Waals surface area (Å²) in [5.74, 6) is -3.99. The molecule has 0 saturated heterocycles. The quantitative estimate of drug-likeness (QED) is 0.166. The summed E-state index contributed by atoms with van der Waals surface area (Å²) >= 11 is 3.88. The number of primary amides is 1. The third-order valence-corrected chi connectivity index (χ3v) is 4.58. The van der Waals surface area contributed by atoms with Gasteiger partial charge in [-0.2, -0.15) is 12.6 Å². The number of nitrogens with one attached hydrogen (secondary N) is 3. The molecule has 170 valence electrons. The van der Waals surface area contributed by atoms with Crippen LogP contribution in [0.15, 0.2) is 30.3 Å². The molecule has 0 fully saturated rings. The van der Waals surface area contributed by atoms with Gasteiger partial charge < -0.3 is 32.5 Å². The lowest BCUT2D eigenvalue weighted by atomic mass is 10.0. The molecule has 1 aromatic carbocycles. The number of hydrogen-bond acceptors (Lipinski definition) is 7. The van der Waals surface area contributed by atoms with Gasteiger partial charge in [0.1, 0.15) is 12.1 Å². The van der Waals surface area contributed by atoms with Crippen LogP contribution < -0.4 is 27.4 Å². The largest absolute Gasteiger partial charge is 0.480 e. The Hall–Kier alpha value is -3.12. The van der Waals surface area contributed by atoms with Gasteiger partial charge in [0.2, 0.25) is 23.6 Å². The normalized spacial score (nSPS) is 13.4. The summed E-state index contributed by atoms with van der Waals surface area (Å²) in [5.41, 5.74) is 11.3. The highest BCUT2D eigenvalue weighted by Crippen LogP contribution is 2.05. The second kappa shape index (κ2) is 13.2. The van der Waals surface area contributed by atoms with E-state index in [-0.39, 0.29) is 25.0 Å². The van der Waals surface area contributed by atoms with Gasteiger partial charge >= 0.3 is 5.97 Å². The van der Waals surface area contributed by atoms with Crippen LogP contribution in [0.4, 0.5) is 0 Å². The van der Waals surface area contributed by atoms with Crippen molar-refractivity contribution in [2.45, 2.75) is 37.4 Å². The van der Waals surface area contributed by atoms with Crippen molar-refractivity contribution in [3.63, 3.8) is 0 Å². The molecule has 1 aromatic rings. The lowest BCUT2D eigenvalue weighted by Gasteiger charge is -2.21. The number of carbonyl (C=O) groups is 5. The molecule has 0 aliphatic carbocycles.